The summed E-state index contributed by atoms with van der Waals surface area (Å²) in [6.45, 7) is 6.81. The molecule has 0 aliphatic carbocycles. The van der Waals surface area contributed by atoms with E-state index in [1.807, 2.05) is 16.4 Å². The molecule has 1 aromatic heterocycles. The van der Waals surface area contributed by atoms with E-state index in [1.165, 1.54) is 5.56 Å². The third-order valence-electron chi connectivity index (χ3n) is 5.89. The van der Waals surface area contributed by atoms with Crippen LogP contribution in [0.2, 0.25) is 0 Å². The molecule has 7 nitrogen and oxygen atoms in total. The number of imidazole rings is 1. The van der Waals surface area contributed by atoms with Gasteiger partial charge >= 0.3 is 0 Å². The highest BCUT2D eigenvalue weighted by Gasteiger charge is 2.32. The summed E-state index contributed by atoms with van der Waals surface area (Å²) in [5.41, 5.74) is 3.67. The van der Waals surface area contributed by atoms with Crippen LogP contribution in [-0.2, 0) is 22.7 Å². The molecule has 1 aromatic carbocycles. The first-order chi connectivity index (χ1) is 14.1. The molecule has 1 atom stereocenters. The summed E-state index contributed by atoms with van der Waals surface area (Å²) in [5, 5.41) is 2.87. The van der Waals surface area contributed by atoms with E-state index in [-0.39, 0.29) is 23.8 Å². The molecule has 1 fully saturated rings. The molecular formula is C22H28N4O3. The maximum atomic E-state index is 13.0. The van der Waals surface area contributed by atoms with Gasteiger partial charge in [-0.1, -0.05) is 29.8 Å². The number of nitrogens with one attached hydrogen (secondary N) is 1. The number of amides is 2. The zero-order valence-corrected chi connectivity index (χ0v) is 17.1. The molecule has 2 amide bonds. The Morgan fingerprint density at radius 3 is 2.62 bits per heavy atom. The fourth-order valence-electron chi connectivity index (χ4n) is 4.10. The van der Waals surface area contributed by atoms with Crippen molar-refractivity contribution in [2.24, 2.45) is 5.92 Å². The number of aromatic nitrogens is 2. The smallest absolute Gasteiger partial charge is 0.274 e. The number of fused-ring (bicyclic) bond motifs is 1. The standard InChI is InChI=1S/C22H28N4O3/c1-3-23-21(27)17-8-10-25(11-9-17)22(28)20-18-13-29-19(12-26(18)14-24-20)16-6-4-15(2)5-7-16/h4-7,14,17,19H,3,8-13H2,1-2H3,(H,23,27)/t19-/m0/s1. The summed E-state index contributed by atoms with van der Waals surface area (Å²) in [6, 6.07) is 8.35. The number of hydrogen-bond donors (Lipinski definition) is 1. The maximum absolute atomic E-state index is 13.0. The van der Waals surface area contributed by atoms with E-state index in [0.29, 0.717) is 51.3 Å². The van der Waals surface area contributed by atoms with Crippen LogP contribution in [0.1, 0.15) is 53.2 Å². The van der Waals surface area contributed by atoms with Crippen LogP contribution >= 0.6 is 0 Å². The number of nitrogens with zero attached hydrogens (tertiary/aromatic N) is 3. The molecule has 1 N–H and O–H groups in total. The highest BCUT2D eigenvalue weighted by atomic mass is 16.5. The second-order valence-corrected chi connectivity index (χ2v) is 7.86. The monoisotopic (exact) mass is 396 g/mol. The van der Waals surface area contributed by atoms with Crippen LogP contribution in [0.3, 0.4) is 0 Å². The second-order valence-electron chi connectivity index (χ2n) is 7.86. The molecular weight excluding hydrogens is 368 g/mol. The van der Waals surface area contributed by atoms with Crippen molar-refractivity contribution >= 4 is 11.8 Å². The molecule has 0 spiro atoms. The molecule has 1 saturated heterocycles. The number of likely N-dealkylation sites (tertiary alicyclic amines) is 1. The first kappa shape index (κ1) is 19.6. The van der Waals surface area contributed by atoms with Crippen LogP contribution in [0, 0.1) is 12.8 Å². The number of ether oxygens (including phenoxy) is 1. The van der Waals surface area contributed by atoms with E-state index in [0.717, 1.165) is 11.3 Å². The molecule has 2 aliphatic rings. The Morgan fingerprint density at radius 2 is 1.93 bits per heavy atom. The first-order valence-electron chi connectivity index (χ1n) is 10.4. The number of carbonyl (C=O) groups is 2. The third kappa shape index (κ3) is 4.05. The minimum atomic E-state index is -0.0644. The van der Waals surface area contributed by atoms with Gasteiger partial charge in [-0.3, -0.25) is 9.59 Å². The summed E-state index contributed by atoms with van der Waals surface area (Å²) < 4.78 is 8.09. The molecule has 0 bridgehead atoms. The Balaban J connectivity index is 1.41. The number of benzene rings is 1. The zero-order valence-electron chi connectivity index (χ0n) is 17.1. The molecule has 29 heavy (non-hydrogen) atoms. The van der Waals surface area contributed by atoms with Crippen molar-refractivity contribution in [2.45, 2.75) is 45.9 Å². The molecule has 3 heterocycles. The largest absolute Gasteiger partial charge is 0.365 e. The van der Waals surface area contributed by atoms with Crippen molar-refractivity contribution in [3.63, 3.8) is 0 Å². The summed E-state index contributed by atoms with van der Waals surface area (Å²) in [4.78, 5) is 31.3. The highest BCUT2D eigenvalue weighted by Crippen LogP contribution is 2.29. The predicted octanol–water partition coefficient (Wildman–Crippen LogP) is 2.45. The van der Waals surface area contributed by atoms with Gasteiger partial charge in [0.1, 0.15) is 6.10 Å². The van der Waals surface area contributed by atoms with Crippen molar-refractivity contribution in [2.75, 3.05) is 19.6 Å². The molecule has 154 valence electrons. The van der Waals surface area contributed by atoms with Gasteiger partial charge in [-0.05, 0) is 32.3 Å². The lowest BCUT2D eigenvalue weighted by Crippen LogP contribution is -2.43. The first-order valence-corrected chi connectivity index (χ1v) is 10.4. The second kappa shape index (κ2) is 8.37. The number of aryl methyl sites for hydroxylation is 1. The van der Waals surface area contributed by atoms with E-state index >= 15 is 0 Å². The quantitative estimate of drug-likeness (QED) is 0.861. The van der Waals surface area contributed by atoms with Gasteiger partial charge in [0.15, 0.2) is 5.69 Å². The summed E-state index contributed by atoms with van der Waals surface area (Å²) in [7, 11) is 0. The molecule has 7 heteroatoms. The van der Waals surface area contributed by atoms with Crippen molar-refractivity contribution < 1.29 is 14.3 Å². The van der Waals surface area contributed by atoms with Crippen molar-refractivity contribution in [3.05, 3.63) is 53.1 Å². The van der Waals surface area contributed by atoms with E-state index in [1.54, 1.807) is 6.33 Å². The number of hydrogen-bond acceptors (Lipinski definition) is 4. The van der Waals surface area contributed by atoms with E-state index < -0.39 is 0 Å². The number of piperidine rings is 1. The van der Waals surface area contributed by atoms with Gasteiger partial charge in [-0.2, -0.15) is 0 Å². The molecule has 0 saturated carbocycles. The van der Waals surface area contributed by atoms with Crippen LogP contribution in [0.15, 0.2) is 30.6 Å². The topological polar surface area (TPSA) is 76.5 Å². The molecule has 0 unspecified atom stereocenters. The average molecular weight is 396 g/mol. The number of carbonyl (C=O) groups excluding carboxylic acids is 2. The summed E-state index contributed by atoms with van der Waals surface area (Å²) in [6.07, 6.45) is 3.10. The van der Waals surface area contributed by atoms with Gasteiger partial charge in [0.25, 0.3) is 5.91 Å². The van der Waals surface area contributed by atoms with Crippen LogP contribution in [-0.4, -0.2) is 45.9 Å². The highest BCUT2D eigenvalue weighted by molar-refractivity contribution is 5.93. The van der Waals surface area contributed by atoms with Gasteiger partial charge in [-0.15, -0.1) is 0 Å². The summed E-state index contributed by atoms with van der Waals surface area (Å²) in [5.74, 6) is 0.0218. The third-order valence-corrected chi connectivity index (χ3v) is 5.89. The lowest BCUT2D eigenvalue weighted by molar-refractivity contribution is -0.126. The van der Waals surface area contributed by atoms with E-state index in [4.69, 9.17) is 4.74 Å². The lowest BCUT2D eigenvalue weighted by Gasteiger charge is -2.31. The van der Waals surface area contributed by atoms with E-state index in [2.05, 4.69) is 41.5 Å². The Kier molecular flexibility index (Phi) is 5.67. The summed E-state index contributed by atoms with van der Waals surface area (Å²) >= 11 is 0. The fourth-order valence-corrected chi connectivity index (χ4v) is 4.10. The minimum absolute atomic E-state index is 0.00601. The normalized spacial score (nSPS) is 19.7. The van der Waals surface area contributed by atoms with E-state index in [9.17, 15) is 9.59 Å². The zero-order chi connectivity index (χ0) is 20.4. The van der Waals surface area contributed by atoms with Crippen molar-refractivity contribution in [1.82, 2.24) is 19.8 Å². The van der Waals surface area contributed by atoms with Crippen LogP contribution in [0.4, 0.5) is 0 Å². The Labute approximate surface area is 171 Å². The molecule has 4 rings (SSSR count). The van der Waals surface area contributed by atoms with Crippen LogP contribution in [0.5, 0.6) is 0 Å². The lowest BCUT2D eigenvalue weighted by atomic mass is 9.95. The average Bonchev–Trinajstić information content (AvgIpc) is 3.17. The maximum Gasteiger partial charge on any atom is 0.274 e. The minimum Gasteiger partial charge on any atom is -0.365 e. The van der Waals surface area contributed by atoms with Gasteiger partial charge in [0, 0.05) is 25.6 Å². The van der Waals surface area contributed by atoms with Crippen molar-refractivity contribution in [1.29, 1.82) is 0 Å². The Hall–Kier alpha value is -2.67. The van der Waals surface area contributed by atoms with Gasteiger partial charge in [-0.25, -0.2) is 4.98 Å². The molecule has 0 radical (unpaired) electrons. The fraction of sp³-hybridized carbons (Fsp3) is 0.500. The molecule has 2 aliphatic heterocycles. The van der Waals surface area contributed by atoms with Crippen LogP contribution < -0.4 is 5.32 Å². The van der Waals surface area contributed by atoms with Crippen LogP contribution in [0.25, 0.3) is 0 Å². The Bertz CT molecular complexity index is 882. The predicted molar refractivity (Wildman–Crippen MR) is 108 cm³/mol. The Morgan fingerprint density at radius 1 is 1.21 bits per heavy atom. The van der Waals surface area contributed by atoms with Crippen molar-refractivity contribution in [3.8, 4) is 0 Å². The van der Waals surface area contributed by atoms with Gasteiger partial charge in [0.05, 0.1) is 25.2 Å². The molecule has 2 aromatic rings. The van der Waals surface area contributed by atoms with Gasteiger partial charge < -0.3 is 19.5 Å². The van der Waals surface area contributed by atoms with Gasteiger partial charge in [0.2, 0.25) is 5.91 Å². The SMILES string of the molecule is CCNC(=O)C1CCN(C(=O)c2ncn3c2CO[C@H](c2ccc(C)cc2)C3)CC1. The number of rotatable bonds is 4.